The quantitative estimate of drug-likeness (QED) is 0.929. The normalized spacial score (nSPS) is 24.6. The van der Waals surface area contributed by atoms with Crippen LogP contribution in [-0.4, -0.2) is 23.5 Å². The molecule has 0 bridgehead atoms. The summed E-state index contributed by atoms with van der Waals surface area (Å²) in [5.74, 6) is 0. The lowest BCUT2D eigenvalue weighted by Crippen LogP contribution is -2.48. The van der Waals surface area contributed by atoms with Crippen molar-refractivity contribution >= 4 is 27.3 Å². The van der Waals surface area contributed by atoms with E-state index in [1.54, 1.807) is 0 Å². The topological polar surface area (TPSA) is 29.3 Å². The summed E-state index contributed by atoms with van der Waals surface area (Å²) in [6.07, 6.45) is 3.89. The fourth-order valence-corrected chi connectivity index (χ4v) is 3.93. The maximum atomic E-state index is 6.07. The monoisotopic (exact) mass is 302 g/mol. The zero-order valence-electron chi connectivity index (χ0n) is 9.66. The van der Waals surface area contributed by atoms with Gasteiger partial charge in [-0.05, 0) is 53.7 Å². The lowest BCUT2D eigenvalue weighted by Gasteiger charge is -2.37. The largest absolute Gasteiger partial charge is 0.327 e. The van der Waals surface area contributed by atoms with E-state index in [0.29, 0.717) is 6.04 Å². The molecule has 2 heterocycles. The Bertz CT molecular complexity index is 338. The lowest BCUT2D eigenvalue weighted by atomic mass is 9.97. The van der Waals surface area contributed by atoms with Crippen LogP contribution in [0.3, 0.4) is 0 Å². The van der Waals surface area contributed by atoms with Crippen LogP contribution in [-0.2, 0) is 6.54 Å². The van der Waals surface area contributed by atoms with E-state index in [1.807, 2.05) is 11.3 Å². The van der Waals surface area contributed by atoms with Crippen LogP contribution in [0.1, 0.15) is 31.1 Å². The molecule has 2 rings (SSSR count). The van der Waals surface area contributed by atoms with Crippen LogP contribution in [0.4, 0.5) is 0 Å². The summed E-state index contributed by atoms with van der Waals surface area (Å²) in [5, 5.41) is 2.14. The summed E-state index contributed by atoms with van der Waals surface area (Å²) in [6, 6.07) is 2.96. The second-order valence-electron chi connectivity index (χ2n) is 4.58. The van der Waals surface area contributed by atoms with Crippen LogP contribution in [0.15, 0.2) is 15.9 Å². The van der Waals surface area contributed by atoms with E-state index in [0.717, 1.165) is 6.54 Å². The van der Waals surface area contributed by atoms with Crippen LogP contribution in [0.5, 0.6) is 0 Å². The first-order valence-corrected chi connectivity index (χ1v) is 7.57. The molecule has 1 aliphatic heterocycles. The van der Waals surface area contributed by atoms with Gasteiger partial charge in [0.25, 0.3) is 0 Å². The van der Waals surface area contributed by atoms with Gasteiger partial charge >= 0.3 is 0 Å². The number of rotatable bonds is 3. The highest BCUT2D eigenvalue weighted by atomic mass is 79.9. The molecule has 1 aromatic rings. The van der Waals surface area contributed by atoms with Crippen molar-refractivity contribution in [1.29, 1.82) is 0 Å². The molecule has 0 aromatic carbocycles. The summed E-state index contributed by atoms with van der Waals surface area (Å²) in [7, 11) is 0. The molecule has 0 radical (unpaired) electrons. The zero-order valence-corrected chi connectivity index (χ0v) is 12.1. The Balaban J connectivity index is 2.04. The third-order valence-electron chi connectivity index (χ3n) is 3.31. The Morgan fingerprint density at radius 3 is 3.06 bits per heavy atom. The van der Waals surface area contributed by atoms with Crippen molar-refractivity contribution in [3.63, 3.8) is 0 Å². The average Bonchev–Trinajstić information content (AvgIpc) is 2.65. The summed E-state index contributed by atoms with van der Waals surface area (Å²) in [5.41, 5.74) is 6.07. The number of nitrogens with zero attached hydrogens (tertiary/aromatic N) is 1. The fourth-order valence-electron chi connectivity index (χ4n) is 2.43. The molecule has 1 fully saturated rings. The van der Waals surface area contributed by atoms with Gasteiger partial charge in [0.1, 0.15) is 0 Å². The average molecular weight is 303 g/mol. The molecule has 1 saturated heterocycles. The first-order chi connectivity index (χ1) is 7.68. The van der Waals surface area contributed by atoms with Gasteiger partial charge in [0.15, 0.2) is 0 Å². The standard InChI is InChI=1S/C12H19BrN2S/c1-9(14)11-4-2-3-6-15(11)8-12-10(13)5-7-16-12/h5,7,9,11H,2-4,6,8,14H2,1H3. The molecule has 0 spiro atoms. The van der Waals surface area contributed by atoms with Crippen LogP contribution in [0.25, 0.3) is 0 Å². The molecule has 2 N–H and O–H groups in total. The summed E-state index contributed by atoms with van der Waals surface area (Å²) < 4.78 is 1.24. The third kappa shape index (κ3) is 2.86. The van der Waals surface area contributed by atoms with Crippen molar-refractivity contribution in [3.05, 3.63) is 20.8 Å². The minimum atomic E-state index is 0.277. The molecule has 1 aromatic heterocycles. The van der Waals surface area contributed by atoms with Crippen molar-refractivity contribution in [2.75, 3.05) is 6.54 Å². The number of piperidine rings is 1. The van der Waals surface area contributed by atoms with E-state index in [9.17, 15) is 0 Å². The van der Waals surface area contributed by atoms with E-state index < -0.39 is 0 Å². The second kappa shape index (κ2) is 5.63. The van der Waals surface area contributed by atoms with Crippen molar-refractivity contribution in [2.24, 2.45) is 5.73 Å². The molecule has 1 aliphatic rings. The highest BCUT2D eigenvalue weighted by Gasteiger charge is 2.25. The van der Waals surface area contributed by atoms with Gasteiger partial charge < -0.3 is 5.73 Å². The molecule has 90 valence electrons. The Kier molecular flexibility index (Phi) is 4.41. The number of thiophene rings is 1. The minimum Gasteiger partial charge on any atom is -0.327 e. The van der Waals surface area contributed by atoms with E-state index in [-0.39, 0.29) is 6.04 Å². The van der Waals surface area contributed by atoms with Crippen molar-refractivity contribution < 1.29 is 0 Å². The highest BCUT2D eigenvalue weighted by molar-refractivity contribution is 9.10. The molecule has 0 saturated carbocycles. The molecule has 0 amide bonds. The van der Waals surface area contributed by atoms with Crippen molar-refractivity contribution in [1.82, 2.24) is 4.90 Å². The van der Waals surface area contributed by atoms with E-state index in [1.165, 1.54) is 35.2 Å². The Labute approximate surface area is 110 Å². The van der Waals surface area contributed by atoms with Gasteiger partial charge in [-0.2, -0.15) is 0 Å². The van der Waals surface area contributed by atoms with Gasteiger partial charge in [-0.15, -0.1) is 11.3 Å². The van der Waals surface area contributed by atoms with E-state index in [4.69, 9.17) is 5.73 Å². The smallest absolute Gasteiger partial charge is 0.0342 e. The number of hydrogen-bond acceptors (Lipinski definition) is 3. The first-order valence-electron chi connectivity index (χ1n) is 5.90. The summed E-state index contributed by atoms with van der Waals surface area (Å²) in [6.45, 7) is 4.37. The number of hydrogen-bond donors (Lipinski definition) is 1. The highest BCUT2D eigenvalue weighted by Crippen LogP contribution is 2.28. The molecule has 16 heavy (non-hydrogen) atoms. The van der Waals surface area contributed by atoms with Gasteiger partial charge in [-0.25, -0.2) is 0 Å². The predicted octanol–water partition coefficient (Wildman–Crippen LogP) is 3.21. The Hall–Kier alpha value is 0.100. The van der Waals surface area contributed by atoms with Gasteiger partial charge in [-0.3, -0.25) is 4.90 Å². The number of likely N-dealkylation sites (tertiary alicyclic amines) is 1. The zero-order chi connectivity index (χ0) is 11.5. The Morgan fingerprint density at radius 1 is 1.62 bits per heavy atom. The molecule has 2 unspecified atom stereocenters. The van der Waals surface area contributed by atoms with E-state index >= 15 is 0 Å². The second-order valence-corrected chi connectivity index (χ2v) is 6.44. The van der Waals surface area contributed by atoms with Crippen LogP contribution in [0.2, 0.25) is 0 Å². The summed E-state index contributed by atoms with van der Waals surface area (Å²) >= 11 is 5.43. The maximum absolute atomic E-state index is 6.07. The third-order valence-corrected chi connectivity index (χ3v) is 5.22. The SMILES string of the molecule is CC(N)C1CCCCN1Cc1sccc1Br. The number of nitrogens with two attached hydrogens (primary N) is 1. The van der Waals surface area contributed by atoms with Crippen LogP contribution < -0.4 is 5.73 Å². The lowest BCUT2D eigenvalue weighted by molar-refractivity contribution is 0.124. The van der Waals surface area contributed by atoms with Gasteiger partial charge in [-0.1, -0.05) is 6.42 Å². The first kappa shape index (κ1) is 12.6. The van der Waals surface area contributed by atoms with Crippen molar-refractivity contribution in [2.45, 2.75) is 44.8 Å². The fraction of sp³-hybridized carbons (Fsp3) is 0.667. The molecule has 0 aliphatic carbocycles. The van der Waals surface area contributed by atoms with E-state index in [2.05, 4.69) is 39.2 Å². The molecule has 2 atom stereocenters. The molecule has 4 heteroatoms. The van der Waals surface area contributed by atoms with Crippen LogP contribution in [0, 0.1) is 0 Å². The minimum absolute atomic E-state index is 0.277. The molecule has 2 nitrogen and oxygen atoms in total. The van der Waals surface area contributed by atoms with Gasteiger partial charge in [0.2, 0.25) is 0 Å². The molecular weight excluding hydrogens is 284 g/mol. The Morgan fingerprint density at radius 2 is 2.44 bits per heavy atom. The van der Waals surface area contributed by atoms with Crippen LogP contribution >= 0.6 is 27.3 Å². The summed E-state index contributed by atoms with van der Waals surface area (Å²) in [4.78, 5) is 3.97. The van der Waals surface area contributed by atoms with Gasteiger partial charge in [0, 0.05) is 28.0 Å². The predicted molar refractivity (Wildman–Crippen MR) is 73.7 cm³/mol. The van der Waals surface area contributed by atoms with Gasteiger partial charge in [0.05, 0.1) is 0 Å². The molecular formula is C12H19BrN2S. The maximum Gasteiger partial charge on any atom is 0.0342 e. The van der Waals surface area contributed by atoms with Crippen molar-refractivity contribution in [3.8, 4) is 0 Å². The number of halogens is 1.